The van der Waals surface area contributed by atoms with Crippen LogP contribution in [0.4, 0.5) is 0 Å². The van der Waals surface area contributed by atoms with Gasteiger partial charge in [0.05, 0.1) is 18.8 Å². The molecule has 0 heterocycles. The highest BCUT2D eigenvalue weighted by Crippen LogP contribution is 1.93. The van der Waals surface area contributed by atoms with Gasteiger partial charge in [0.2, 0.25) is 6.41 Å². The summed E-state index contributed by atoms with van der Waals surface area (Å²) in [5, 5.41) is 0. The van der Waals surface area contributed by atoms with Crippen LogP contribution in [0, 0.1) is 0 Å². The number of rotatable bonds is 4. The molecule has 0 aliphatic rings. The van der Waals surface area contributed by atoms with Crippen LogP contribution in [0.25, 0.3) is 0 Å². The van der Waals surface area contributed by atoms with Crippen LogP contribution in [0.15, 0.2) is 0 Å². The zero-order chi connectivity index (χ0) is 15.1. The first-order valence-electron chi connectivity index (χ1n) is 6.07. The maximum atomic E-state index is 9.82. The normalized spacial score (nSPS) is 8.78. The lowest BCUT2D eigenvalue weighted by atomic mass is 10.4. The largest absolute Gasteiger partial charge is 0.466 e. The van der Waals surface area contributed by atoms with Crippen LogP contribution in [-0.2, 0) is 19.1 Å². The summed E-state index contributed by atoms with van der Waals surface area (Å²) in [6, 6.07) is 0. The van der Waals surface area contributed by atoms with Gasteiger partial charge >= 0.3 is 5.97 Å². The molecule has 0 N–H and O–H groups in total. The van der Waals surface area contributed by atoms with Crippen molar-refractivity contribution < 1.29 is 19.1 Å². The van der Waals surface area contributed by atoms with Crippen molar-refractivity contribution in [2.45, 2.75) is 53.8 Å². The number of hydrogen-bond donors (Lipinski definition) is 0. The van der Waals surface area contributed by atoms with Gasteiger partial charge in [-0.25, -0.2) is 0 Å². The number of ether oxygens (including phenoxy) is 2. The third-order valence-electron chi connectivity index (χ3n) is 1.10. The summed E-state index contributed by atoms with van der Waals surface area (Å²) in [5.41, 5.74) is 0. The topological polar surface area (TPSA) is 55.8 Å². The Balaban J connectivity index is -0.000000190. The number of amides is 1. The maximum Gasteiger partial charge on any atom is 0.302 e. The molecule has 0 saturated heterocycles. The molecule has 0 aliphatic carbocycles. The average molecular weight is 263 g/mol. The molecule has 0 spiro atoms. The first-order valence-corrected chi connectivity index (χ1v) is 6.07. The van der Waals surface area contributed by atoms with E-state index in [1.807, 2.05) is 27.7 Å². The maximum absolute atomic E-state index is 9.82. The Bertz CT molecular complexity index is 185. The molecule has 1 amide bonds. The number of nitrogens with zero attached hydrogens (tertiary/aromatic N) is 1. The van der Waals surface area contributed by atoms with Crippen LogP contribution >= 0.6 is 0 Å². The Morgan fingerprint density at radius 2 is 1.50 bits per heavy atom. The molecule has 0 atom stereocenters. The summed E-state index contributed by atoms with van der Waals surface area (Å²) < 4.78 is 9.65. The smallest absolute Gasteiger partial charge is 0.302 e. The van der Waals surface area contributed by atoms with Crippen LogP contribution in [0.5, 0.6) is 0 Å². The van der Waals surface area contributed by atoms with Crippen molar-refractivity contribution in [1.29, 1.82) is 0 Å². The quantitative estimate of drug-likeness (QED) is 0.575. The highest BCUT2D eigenvalue weighted by atomic mass is 16.5. The molecule has 0 fully saturated rings. The zero-order valence-electron chi connectivity index (χ0n) is 13.0. The van der Waals surface area contributed by atoms with Crippen molar-refractivity contribution in [3.8, 4) is 0 Å². The molecule has 0 aromatic heterocycles. The summed E-state index contributed by atoms with van der Waals surface area (Å²) in [5.74, 6) is -0.211. The summed E-state index contributed by atoms with van der Waals surface area (Å²) in [6.45, 7) is 11.8. The van der Waals surface area contributed by atoms with Crippen LogP contribution in [0.2, 0.25) is 0 Å². The van der Waals surface area contributed by atoms with E-state index in [2.05, 4.69) is 4.74 Å². The van der Waals surface area contributed by atoms with E-state index in [0.29, 0.717) is 18.8 Å². The first kappa shape index (κ1) is 22.1. The van der Waals surface area contributed by atoms with Gasteiger partial charge in [0.25, 0.3) is 0 Å². The van der Waals surface area contributed by atoms with E-state index >= 15 is 0 Å². The highest BCUT2D eigenvalue weighted by Gasteiger charge is 1.94. The Kier molecular flexibility index (Phi) is 19.5. The van der Waals surface area contributed by atoms with Gasteiger partial charge in [-0.3, -0.25) is 9.59 Å². The summed E-state index contributed by atoms with van der Waals surface area (Å²) in [6.07, 6.45) is 1.50. The van der Waals surface area contributed by atoms with Gasteiger partial charge < -0.3 is 14.4 Å². The minimum atomic E-state index is -0.211. The van der Waals surface area contributed by atoms with Crippen molar-refractivity contribution >= 4 is 12.4 Å². The van der Waals surface area contributed by atoms with Gasteiger partial charge in [0, 0.05) is 21.0 Å². The third kappa shape index (κ3) is 46.1. The van der Waals surface area contributed by atoms with Crippen LogP contribution in [-0.4, -0.2) is 50.2 Å². The van der Waals surface area contributed by atoms with Gasteiger partial charge in [0.1, 0.15) is 0 Å². The van der Waals surface area contributed by atoms with E-state index in [0.717, 1.165) is 6.41 Å². The van der Waals surface area contributed by atoms with E-state index in [9.17, 15) is 9.59 Å². The Hall–Kier alpha value is -1.10. The molecule has 0 aromatic rings. The molecule has 110 valence electrons. The highest BCUT2D eigenvalue weighted by molar-refractivity contribution is 5.65. The monoisotopic (exact) mass is 263 g/mol. The Morgan fingerprint density at radius 3 is 1.50 bits per heavy atom. The molecule has 0 aromatic carbocycles. The predicted molar refractivity (Wildman–Crippen MR) is 73.4 cm³/mol. The third-order valence-corrected chi connectivity index (χ3v) is 1.10. The second-order valence-corrected chi connectivity index (χ2v) is 4.23. The van der Waals surface area contributed by atoms with Crippen LogP contribution in [0.1, 0.15) is 41.5 Å². The van der Waals surface area contributed by atoms with Gasteiger partial charge in [-0.1, -0.05) is 0 Å². The van der Waals surface area contributed by atoms with Gasteiger partial charge in [-0.15, -0.1) is 0 Å². The van der Waals surface area contributed by atoms with Crippen molar-refractivity contribution in [2.24, 2.45) is 0 Å². The summed E-state index contributed by atoms with van der Waals surface area (Å²) >= 11 is 0. The van der Waals surface area contributed by atoms with E-state index in [-0.39, 0.29) is 5.97 Å². The molecular formula is C13H29NO4. The van der Waals surface area contributed by atoms with Gasteiger partial charge in [0.15, 0.2) is 0 Å². The van der Waals surface area contributed by atoms with Crippen molar-refractivity contribution in [3.05, 3.63) is 0 Å². The second kappa shape index (κ2) is 15.9. The fraction of sp³-hybridized carbons (Fsp3) is 0.846. The fourth-order valence-electron chi connectivity index (χ4n) is 0.748. The molecule has 0 bridgehead atoms. The van der Waals surface area contributed by atoms with Crippen molar-refractivity contribution in [3.63, 3.8) is 0 Å². The standard InChI is InChI=1S/C6H14O.C4H8O2.C3H7NO/c1-5(2)7-6(3)4;1-3-6-4(2)5;1-4(2)3-5/h5-6H,1-4H3;3H2,1-2H3;3H,1-2H3. The van der Waals surface area contributed by atoms with Crippen molar-refractivity contribution in [1.82, 2.24) is 4.90 Å². The predicted octanol–water partition coefficient (Wildman–Crippen LogP) is 2.09. The lowest BCUT2D eigenvalue weighted by Crippen LogP contribution is -2.09. The second-order valence-electron chi connectivity index (χ2n) is 4.23. The number of hydrogen-bond acceptors (Lipinski definition) is 4. The lowest BCUT2D eigenvalue weighted by molar-refractivity contribution is -0.140. The van der Waals surface area contributed by atoms with E-state index in [1.165, 1.54) is 11.8 Å². The molecule has 0 unspecified atom stereocenters. The van der Waals surface area contributed by atoms with Gasteiger partial charge in [-0.2, -0.15) is 0 Å². The lowest BCUT2D eigenvalue weighted by Gasteiger charge is -2.09. The van der Waals surface area contributed by atoms with Crippen LogP contribution in [0.3, 0.4) is 0 Å². The SMILES string of the molecule is CC(C)OC(C)C.CCOC(C)=O.CN(C)C=O. The average Bonchev–Trinajstić information content (AvgIpc) is 2.16. The molecular weight excluding hydrogens is 234 g/mol. The zero-order valence-corrected chi connectivity index (χ0v) is 13.0. The molecule has 18 heavy (non-hydrogen) atoms. The van der Waals surface area contributed by atoms with E-state index < -0.39 is 0 Å². The number of esters is 1. The summed E-state index contributed by atoms with van der Waals surface area (Å²) in [7, 11) is 3.38. The molecule has 0 aliphatic heterocycles. The fourth-order valence-corrected chi connectivity index (χ4v) is 0.748. The first-order chi connectivity index (χ1) is 8.17. The minimum Gasteiger partial charge on any atom is -0.466 e. The van der Waals surface area contributed by atoms with E-state index in [1.54, 1.807) is 21.0 Å². The Labute approximate surface area is 111 Å². The molecule has 0 rings (SSSR count). The number of carbonyl (C=O) groups is 2. The Morgan fingerprint density at radius 1 is 1.17 bits per heavy atom. The summed E-state index contributed by atoms with van der Waals surface area (Å²) in [4.78, 5) is 20.7. The van der Waals surface area contributed by atoms with E-state index in [4.69, 9.17) is 4.74 Å². The van der Waals surface area contributed by atoms with Crippen LogP contribution < -0.4 is 0 Å². The number of carbonyl (C=O) groups excluding carboxylic acids is 2. The molecule has 0 radical (unpaired) electrons. The minimum absolute atomic E-state index is 0.211. The molecule has 0 saturated carbocycles. The van der Waals surface area contributed by atoms with Gasteiger partial charge in [-0.05, 0) is 34.6 Å². The van der Waals surface area contributed by atoms with Crippen molar-refractivity contribution in [2.75, 3.05) is 20.7 Å². The molecule has 5 nitrogen and oxygen atoms in total. The molecule has 5 heteroatoms.